The van der Waals surface area contributed by atoms with Gasteiger partial charge in [0.1, 0.15) is 11.5 Å². The predicted molar refractivity (Wildman–Crippen MR) is 68.4 cm³/mol. The highest BCUT2D eigenvalue weighted by atomic mass is 35.5. The Bertz CT molecular complexity index is 729. The van der Waals surface area contributed by atoms with E-state index < -0.39 is 34.8 Å². The van der Waals surface area contributed by atoms with Gasteiger partial charge >= 0.3 is 5.97 Å². The molecule has 7 nitrogen and oxygen atoms in total. The van der Waals surface area contributed by atoms with Crippen LogP contribution >= 0.6 is 11.6 Å². The summed E-state index contributed by atoms with van der Waals surface area (Å²) >= 11 is 5.73. The molecular formula is C11H8ClFN4O3. The number of hydrogen-bond acceptors (Lipinski definition) is 4. The summed E-state index contributed by atoms with van der Waals surface area (Å²) in [6, 6.07) is 3.47. The Morgan fingerprint density at radius 3 is 2.60 bits per heavy atom. The molecule has 0 saturated heterocycles. The second-order valence-electron chi connectivity index (χ2n) is 3.79. The monoisotopic (exact) mass is 298 g/mol. The molecule has 5 N–H and O–H groups in total. The lowest BCUT2D eigenvalue weighted by molar-refractivity contribution is 0.0688. The molecule has 0 aliphatic rings. The number of amides is 1. The van der Waals surface area contributed by atoms with Crippen LogP contribution in [0.4, 0.5) is 10.1 Å². The highest BCUT2D eigenvalue weighted by molar-refractivity contribution is 6.30. The molecule has 0 bridgehead atoms. The first-order chi connectivity index (χ1) is 9.32. The number of aromatic carboxylic acids is 1. The molecule has 0 aliphatic carbocycles. The predicted octanol–water partition coefficient (Wildman–Crippen LogP) is 1.04. The lowest BCUT2D eigenvalue weighted by atomic mass is 10.2. The fourth-order valence-electron chi connectivity index (χ4n) is 1.64. The van der Waals surface area contributed by atoms with Gasteiger partial charge in [-0.1, -0.05) is 11.6 Å². The van der Waals surface area contributed by atoms with Crippen molar-refractivity contribution in [2.45, 2.75) is 0 Å². The number of benzene rings is 1. The maximum Gasteiger partial charge on any atom is 0.356 e. The van der Waals surface area contributed by atoms with Crippen LogP contribution in [0.3, 0.4) is 0 Å². The molecule has 20 heavy (non-hydrogen) atoms. The van der Waals surface area contributed by atoms with E-state index in [1.807, 2.05) is 0 Å². The Morgan fingerprint density at radius 1 is 1.40 bits per heavy atom. The zero-order chi connectivity index (χ0) is 15.0. The average Bonchev–Trinajstić information content (AvgIpc) is 2.70. The molecule has 0 unspecified atom stereocenters. The van der Waals surface area contributed by atoms with Gasteiger partial charge in [0.05, 0.1) is 5.69 Å². The number of rotatable bonds is 3. The number of anilines is 1. The third-order valence-corrected chi connectivity index (χ3v) is 2.73. The molecule has 1 aromatic heterocycles. The molecule has 2 aromatic rings. The van der Waals surface area contributed by atoms with Gasteiger partial charge in [-0.25, -0.2) is 13.9 Å². The van der Waals surface area contributed by atoms with Crippen LogP contribution in [0.1, 0.15) is 21.0 Å². The van der Waals surface area contributed by atoms with E-state index in [9.17, 15) is 14.0 Å². The van der Waals surface area contributed by atoms with E-state index >= 15 is 0 Å². The molecule has 0 radical (unpaired) electrons. The second-order valence-corrected chi connectivity index (χ2v) is 4.22. The van der Waals surface area contributed by atoms with Gasteiger partial charge in [0.15, 0.2) is 11.4 Å². The maximum atomic E-state index is 13.8. The number of carbonyl (C=O) groups is 2. The van der Waals surface area contributed by atoms with Gasteiger partial charge in [0, 0.05) is 5.02 Å². The molecule has 0 saturated carbocycles. The number of carbonyl (C=O) groups excluding carboxylic acids is 1. The van der Waals surface area contributed by atoms with E-state index in [2.05, 4.69) is 5.10 Å². The molecule has 0 fully saturated rings. The minimum absolute atomic E-state index is 0.160. The molecule has 1 amide bonds. The fourth-order valence-corrected chi connectivity index (χ4v) is 1.81. The van der Waals surface area contributed by atoms with Crippen LogP contribution < -0.4 is 11.5 Å². The lowest BCUT2D eigenvalue weighted by Crippen LogP contribution is -2.14. The number of aromatic nitrogens is 2. The first-order valence-corrected chi connectivity index (χ1v) is 5.57. The van der Waals surface area contributed by atoms with Crippen molar-refractivity contribution in [3.05, 3.63) is 40.4 Å². The van der Waals surface area contributed by atoms with E-state index in [1.54, 1.807) is 0 Å². The van der Waals surface area contributed by atoms with Crippen molar-refractivity contribution in [2.24, 2.45) is 5.73 Å². The summed E-state index contributed by atoms with van der Waals surface area (Å²) in [6.45, 7) is 0. The Labute approximate surface area is 116 Å². The fraction of sp³-hybridized carbons (Fsp3) is 0. The molecule has 9 heteroatoms. The van der Waals surface area contributed by atoms with Crippen LogP contribution in [0.15, 0.2) is 18.2 Å². The van der Waals surface area contributed by atoms with Gasteiger partial charge in [-0.2, -0.15) is 5.10 Å². The average molecular weight is 299 g/mol. The van der Waals surface area contributed by atoms with Crippen molar-refractivity contribution >= 4 is 29.2 Å². The van der Waals surface area contributed by atoms with Gasteiger partial charge in [0.2, 0.25) is 0 Å². The molecular weight excluding hydrogens is 291 g/mol. The van der Waals surface area contributed by atoms with Gasteiger partial charge < -0.3 is 16.6 Å². The first kappa shape index (κ1) is 13.8. The minimum Gasteiger partial charge on any atom is -0.476 e. The first-order valence-electron chi connectivity index (χ1n) is 5.20. The Hall–Kier alpha value is -2.61. The van der Waals surface area contributed by atoms with E-state index in [4.69, 9.17) is 28.2 Å². The highest BCUT2D eigenvalue weighted by Gasteiger charge is 2.26. The zero-order valence-electron chi connectivity index (χ0n) is 9.80. The summed E-state index contributed by atoms with van der Waals surface area (Å²) in [5, 5.41) is 12.9. The standard InChI is InChI=1S/C11H8ClFN4O3/c12-4-1-2-5(13)6(3-4)17-9(11(19)20)7(14)8(16-17)10(15)18/h1-3H,14H2,(H2,15,18)(H,19,20). The third-order valence-electron chi connectivity index (χ3n) is 2.49. The van der Waals surface area contributed by atoms with E-state index in [1.165, 1.54) is 6.07 Å². The quantitative estimate of drug-likeness (QED) is 0.781. The number of primary amides is 1. The molecule has 0 spiro atoms. The third kappa shape index (κ3) is 2.16. The largest absolute Gasteiger partial charge is 0.476 e. The van der Waals surface area contributed by atoms with Crippen LogP contribution in [0.2, 0.25) is 5.02 Å². The highest BCUT2D eigenvalue weighted by Crippen LogP contribution is 2.25. The van der Waals surface area contributed by atoms with Crippen molar-refractivity contribution in [3.63, 3.8) is 0 Å². The summed E-state index contributed by atoms with van der Waals surface area (Å²) in [5.41, 5.74) is 8.82. The van der Waals surface area contributed by atoms with Crippen molar-refractivity contribution in [1.82, 2.24) is 9.78 Å². The summed E-state index contributed by atoms with van der Waals surface area (Å²) in [6.07, 6.45) is 0. The molecule has 1 heterocycles. The van der Waals surface area contributed by atoms with E-state index in [-0.39, 0.29) is 10.7 Å². The second kappa shape index (κ2) is 4.82. The Morgan fingerprint density at radius 2 is 2.05 bits per heavy atom. The molecule has 0 aliphatic heterocycles. The number of carboxylic acids is 1. The van der Waals surface area contributed by atoms with Crippen molar-refractivity contribution < 1.29 is 19.1 Å². The SMILES string of the molecule is NC(=O)c1nn(-c2cc(Cl)ccc2F)c(C(=O)O)c1N. The van der Waals surface area contributed by atoms with Crippen LogP contribution in [-0.4, -0.2) is 26.8 Å². The maximum absolute atomic E-state index is 13.8. The molecule has 104 valence electrons. The van der Waals surface area contributed by atoms with Crippen LogP contribution in [0.25, 0.3) is 5.69 Å². The molecule has 0 atom stereocenters. The van der Waals surface area contributed by atoms with E-state index in [0.717, 1.165) is 12.1 Å². The summed E-state index contributed by atoms with van der Waals surface area (Å²) in [5.74, 6) is -3.29. The number of halogens is 2. The summed E-state index contributed by atoms with van der Waals surface area (Å²) in [4.78, 5) is 22.3. The lowest BCUT2D eigenvalue weighted by Gasteiger charge is -2.06. The van der Waals surface area contributed by atoms with Gasteiger partial charge in [-0.05, 0) is 18.2 Å². The number of hydrogen-bond donors (Lipinski definition) is 3. The Kier molecular flexibility index (Phi) is 3.33. The van der Waals surface area contributed by atoms with Crippen molar-refractivity contribution in [2.75, 3.05) is 5.73 Å². The van der Waals surface area contributed by atoms with Crippen LogP contribution in [0.5, 0.6) is 0 Å². The van der Waals surface area contributed by atoms with Gasteiger partial charge in [-0.3, -0.25) is 4.79 Å². The van der Waals surface area contributed by atoms with E-state index in [0.29, 0.717) is 4.68 Å². The van der Waals surface area contributed by atoms with Crippen molar-refractivity contribution in [3.8, 4) is 5.69 Å². The van der Waals surface area contributed by atoms with Crippen molar-refractivity contribution in [1.29, 1.82) is 0 Å². The summed E-state index contributed by atoms with van der Waals surface area (Å²) in [7, 11) is 0. The normalized spacial score (nSPS) is 10.5. The number of carboxylic acid groups (broad SMARTS) is 1. The molecule has 1 aromatic carbocycles. The Balaban J connectivity index is 2.79. The number of nitrogen functional groups attached to an aromatic ring is 1. The number of nitrogens with zero attached hydrogens (tertiary/aromatic N) is 2. The molecule has 2 rings (SSSR count). The summed E-state index contributed by atoms with van der Waals surface area (Å²) < 4.78 is 14.5. The number of nitrogens with two attached hydrogens (primary N) is 2. The zero-order valence-corrected chi connectivity index (χ0v) is 10.6. The van der Waals surface area contributed by atoms with Gasteiger partial charge in [0.25, 0.3) is 5.91 Å². The van der Waals surface area contributed by atoms with Crippen LogP contribution in [0, 0.1) is 5.82 Å². The minimum atomic E-state index is -1.48. The smallest absolute Gasteiger partial charge is 0.356 e. The van der Waals surface area contributed by atoms with Crippen LogP contribution in [-0.2, 0) is 0 Å². The van der Waals surface area contributed by atoms with Gasteiger partial charge in [-0.15, -0.1) is 0 Å². The topological polar surface area (TPSA) is 124 Å².